The molecule has 0 atom stereocenters. The zero-order valence-electron chi connectivity index (χ0n) is 14.5. The number of guanidine groups is 1. The number of nitrogens with one attached hydrogen (secondary N) is 2. The Morgan fingerprint density at radius 1 is 1.20 bits per heavy atom. The molecule has 134 valence electrons. The van der Waals surface area contributed by atoms with Gasteiger partial charge in [-0.25, -0.2) is 4.98 Å². The number of ether oxygens (including phenoxy) is 2. The summed E-state index contributed by atoms with van der Waals surface area (Å²) in [6.07, 6.45) is 0. The van der Waals surface area contributed by atoms with Crippen LogP contribution in [0, 0.1) is 13.8 Å². The molecule has 0 amide bonds. The number of hydrogen-bond acceptors (Lipinski definition) is 5. The molecule has 1 aromatic heterocycles. The van der Waals surface area contributed by atoms with Crippen molar-refractivity contribution in [3.63, 3.8) is 0 Å². The van der Waals surface area contributed by atoms with Gasteiger partial charge in [-0.15, -0.1) is 0 Å². The molecule has 2 N–H and O–H groups in total. The predicted molar refractivity (Wildman–Crippen MR) is 95.5 cm³/mol. The van der Waals surface area contributed by atoms with Gasteiger partial charge in [0.25, 0.3) is 0 Å². The zero-order valence-corrected chi connectivity index (χ0v) is 15.2. The first-order valence-corrected chi connectivity index (χ1v) is 8.40. The van der Waals surface area contributed by atoms with E-state index in [4.69, 9.17) is 25.5 Å². The molecule has 0 radical (unpaired) electrons. The third kappa shape index (κ3) is 4.17. The molecule has 1 aliphatic rings. The maximum Gasteiger partial charge on any atom is 0.214 e. The van der Waals surface area contributed by atoms with E-state index in [-0.39, 0.29) is 0 Å². The van der Waals surface area contributed by atoms with Crippen molar-refractivity contribution in [3.8, 4) is 11.5 Å². The molecule has 0 unspecified atom stereocenters. The number of aryl methyl sites for hydroxylation is 2. The fourth-order valence-electron chi connectivity index (χ4n) is 2.45. The second-order valence-electron chi connectivity index (χ2n) is 5.63. The van der Waals surface area contributed by atoms with Gasteiger partial charge in [-0.05, 0) is 31.5 Å². The van der Waals surface area contributed by atoms with Crippen LogP contribution in [0.25, 0.3) is 0 Å². The second-order valence-corrected chi connectivity index (χ2v) is 6.04. The van der Waals surface area contributed by atoms with Crippen LogP contribution in [0.1, 0.15) is 22.9 Å². The smallest absolute Gasteiger partial charge is 0.214 e. The molecule has 0 saturated heterocycles. The quantitative estimate of drug-likeness (QED) is 0.641. The Morgan fingerprint density at radius 2 is 1.96 bits per heavy atom. The van der Waals surface area contributed by atoms with Crippen LogP contribution in [0.3, 0.4) is 0 Å². The lowest BCUT2D eigenvalue weighted by Crippen LogP contribution is -2.36. The van der Waals surface area contributed by atoms with Crippen LogP contribution < -0.4 is 20.1 Å². The molecular formula is C17H21ClN4O3. The third-order valence-electron chi connectivity index (χ3n) is 3.82. The zero-order chi connectivity index (χ0) is 17.8. The van der Waals surface area contributed by atoms with Gasteiger partial charge in [0, 0.05) is 13.6 Å². The summed E-state index contributed by atoms with van der Waals surface area (Å²) in [7, 11) is 1.71. The number of oxazole rings is 1. The highest BCUT2D eigenvalue weighted by Gasteiger charge is 2.16. The Labute approximate surface area is 151 Å². The van der Waals surface area contributed by atoms with Gasteiger partial charge < -0.3 is 24.5 Å². The molecular weight excluding hydrogens is 344 g/mol. The number of rotatable bonds is 4. The van der Waals surface area contributed by atoms with E-state index in [1.54, 1.807) is 7.05 Å². The van der Waals surface area contributed by atoms with Gasteiger partial charge >= 0.3 is 0 Å². The van der Waals surface area contributed by atoms with Crippen molar-refractivity contribution in [1.82, 2.24) is 15.6 Å². The fraction of sp³-hybridized carbons (Fsp3) is 0.412. The fourth-order valence-corrected chi connectivity index (χ4v) is 2.73. The van der Waals surface area contributed by atoms with Crippen molar-refractivity contribution < 1.29 is 13.9 Å². The molecule has 0 aliphatic carbocycles. The summed E-state index contributed by atoms with van der Waals surface area (Å²) in [5.74, 6) is 3.36. The first kappa shape index (κ1) is 17.4. The van der Waals surface area contributed by atoms with E-state index in [1.165, 1.54) is 0 Å². The van der Waals surface area contributed by atoms with E-state index < -0.39 is 0 Å². The minimum Gasteiger partial charge on any atom is -0.486 e. The van der Waals surface area contributed by atoms with Crippen LogP contribution in [0.2, 0.25) is 5.02 Å². The van der Waals surface area contributed by atoms with Gasteiger partial charge in [-0.1, -0.05) is 11.6 Å². The topological polar surface area (TPSA) is 80.9 Å². The van der Waals surface area contributed by atoms with Crippen molar-refractivity contribution in [2.45, 2.75) is 26.9 Å². The summed E-state index contributed by atoms with van der Waals surface area (Å²) in [5.41, 5.74) is 1.87. The summed E-state index contributed by atoms with van der Waals surface area (Å²) in [6, 6.07) is 3.78. The lowest BCUT2D eigenvalue weighted by atomic mass is 10.2. The Kier molecular flexibility index (Phi) is 5.33. The van der Waals surface area contributed by atoms with Gasteiger partial charge in [0.05, 0.1) is 17.3 Å². The lowest BCUT2D eigenvalue weighted by Gasteiger charge is -2.20. The summed E-state index contributed by atoms with van der Waals surface area (Å²) in [4.78, 5) is 8.53. The van der Waals surface area contributed by atoms with Crippen LogP contribution in [0.15, 0.2) is 21.5 Å². The molecule has 2 aromatic rings. The molecule has 3 rings (SSSR count). The molecule has 2 heterocycles. The molecule has 1 aromatic carbocycles. The van der Waals surface area contributed by atoms with Crippen molar-refractivity contribution in [2.24, 2.45) is 4.99 Å². The number of nitrogens with zero attached hydrogens (tertiary/aromatic N) is 2. The van der Waals surface area contributed by atoms with Crippen molar-refractivity contribution in [1.29, 1.82) is 0 Å². The van der Waals surface area contributed by atoms with E-state index in [0.717, 1.165) is 17.0 Å². The minimum absolute atomic E-state index is 0.455. The average molecular weight is 365 g/mol. The monoisotopic (exact) mass is 364 g/mol. The minimum atomic E-state index is 0.455. The van der Waals surface area contributed by atoms with Gasteiger partial charge in [-0.2, -0.15) is 0 Å². The number of aliphatic imine (C=N–C) groups is 1. The normalized spacial score (nSPS) is 13.7. The first-order valence-electron chi connectivity index (χ1n) is 8.02. The number of fused-ring (bicyclic) bond motifs is 1. The number of hydrogen-bond donors (Lipinski definition) is 2. The maximum absolute atomic E-state index is 6.26. The van der Waals surface area contributed by atoms with E-state index in [2.05, 4.69) is 20.6 Å². The van der Waals surface area contributed by atoms with E-state index in [0.29, 0.717) is 54.7 Å². The SMILES string of the molecule is CN=C(NCc1cc(Cl)c2c(c1)OCCO2)NCc1nc(C)c(C)o1. The summed E-state index contributed by atoms with van der Waals surface area (Å²) in [5, 5.41) is 6.94. The maximum atomic E-state index is 6.26. The Bertz CT molecular complexity index is 769. The van der Waals surface area contributed by atoms with Gasteiger partial charge in [0.1, 0.15) is 19.0 Å². The van der Waals surface area contributed by atoms with Gasteiger partial charge in [-0.3, -0.25) is 4.99 Å². The molecule has 0 bridgehead atoms. The first-order chi connectivity index (χ1) is 12.1. The summed E-state index contributed by atoms with van der Waals surface area (Å²) in [6.45, 7) is 5.85. The van der Waals surface area contributed by atoms with E-state index in [1.807, 2.05) is 26.0 Å². The summed E-state index contributed by atoms with van der Waals surface area (Å²) < 4.78 is 16.7. The molecule has 1 aliphatic heterocycles. The van der Waals surface area contributed by atoms with Gasteiger partial charge in [0.15, 0.2) is 17.5 Å². The molecule has 0 spiro atoms. The number of halogens is 1. The van der Waals surface area contributed by atoms with Crippen molar-refractivity contribution in [3.05, 3.63) is 40.1 Å². The largest absolute Gasteiger partial charge is 0.486 e. The van der Waals surface area contributed by atoms with E-state index in [9.17, 15) is 0 Å². The highest BCUT2D eigenvalue weighted by atomic mass is 35.5. The van der Waals surface area contributed by atoms with Crippen LogP contribution in [0.5, 0.6) is 11.5 Å². The summed E-state index contributed by atoms with van der Waals surface area (Å²) >= 11 is 6.26. The van der Waals surface area contributed by atoms with Crippen LogP contribution >= 0.6 is 11.6 Å². The predicted octanol–water partition coefficient (Wildman–Crippen LogP) is 2.58. The van der Waals surface area contributed by atoms with Crippen LogP contribution in [0.4, 0.5) is 0 Å². The van der Waals surface area contributed by atoms with Gasteiger partial charge in [0.2, 0.25) is 5.89 Å². The highest BCUT2D eigenvalue weighted by Crippen LogP contribution is 2.38. The second kappa shape index (κ2) is 7.65. The van der Waals surface area contributed by atoms with Crippen LogP contribution in [-0.4, -0.2) is 31.2 Å². The van der Waals surface area contributed by atoms with Crippen molar-refractivity contribution >= 4 is 17.6 Å². The van der Waals surface area contributed by atoms with Crippen molar-refractivity contribution in [2.75, 3.05) is 20.3 Å². The molecule has 0 saturated carbocycles. The number of benzene rings is 1. The Morgan fingerprint density at radius 3 is 2.68 bits per heavy atom. The van der Waals surface area contributed by atoms with E-state index >= 15 is 0 Å². The third-order valence-corrected chi connectivity index (χ3v) is 4.10. The molecule has 7 nitrogen and oxygen atoms in total. The molecule has 25 heavy (non-hydrogen) atoms. The Hall–Kier alpha value is -2.41. The highest BCUT2D eigenvalue weighted by molar-refractivity contribution is 6.32. The standard InChI is InChI=1S/C17H21ClN4O3/c1-10-11(2)25-15(22-10)9-21-17(19-3)20-8-12-6-13(18)16-14(7-12)23-4-5-24-16/h6-7H,4-5,8-9H2,1-3H3,(H2,19,20,21). The lowest BCUT2D eigenvalue weighted by molar-refractivity contribution is 0.171. The van der Waals surface area contributed by atoms with Crippen LogP contribution in [-0.2, 0) is 13.1 Å². The Balaban J connectivity index is 1.58. The molecule has 8 heteroatoms. The number of aromatic nitrogens is 1. The average Bonchev–Trinajstić information content (AvgIpc) is 2.93. The molecule has 0 fully saturated rings.